The number of hydrogen-bond acceptors (Lipinski definition) is 5. The molecule has 0 saturated carbocycles. The topological polar surface area (TPSA) is 73.7 Å². The first-order chi connectivity index (χ1) is 12.8. The van der Waals surface area contributed by atoms with E-state index in [9.17, 15) is 9.59 Å². The Morgan fingerprint density at radius 2 is 1.85 bits per heavy atom. The molecule has 1 fully saturated rings. The zero-order valence-corrected chi connectivity index (χ0v) is 16.4. The molecule has 2 heterocycles. The molecule has 1 aromatic carbocycles. The molecule has 1 aromatic heterocycles. The Morgan fingerprint density at radius 1 is 1.19 bits per heavy atom. The summed E-state index contributed by atoms with van der Waals surface area (Å²) in [4.78, 5) is 26.0. The van der Waals surface area contributed by atoms with Crippen LogP contribution in [-0.4, -0.2) is 52.5 Å². The van der Waals surface area contributed by atoms with Gasteiger partial charge in [-0.3, -0.25) is 4.68 Å². The third kappa shape index (κ3) is 4.40. The largest absolute Gasteiger partial charge is 0.464 e. The van der Waals surface area contributed by atoms with E-state index in [1.54, 1.807) is 4.90 Å². The number of likely N-dealkylation sites (tertiary alicyclic amines) is 1. The van der Waals surface area contributed by atoms with Gasteiger partial charge in [0.1, 0.15) is 5.60 Å². The van der Waals surface area contributed by atoms with Gasteiger partial charge in [0.2, 0.25) is 0 Å². The average molecular weight is 373 g/mol. The van der Waals surface area contributed by atoms with Crippen molar-refractivity contribution in [3.63, 3.8) is 0 Å². The smallest absolute Gasteiger partial charge is 0.410 e. The van der Waals surface area contributed by atoms with Gasteiger partial charge in [-0.15, -0.1) is 0 Å². The second-order valence-corrected chi connectivity index (χ2v) is 7.95. The molecule has 2 aromatic rings. The molecule has 0 radical (unpaired) electrons. The Morgan fingerprint density at radius 3 is 2.48 bits per heavy atom. The minimum absolute atomic E-state index is 0.251. The van der Waals surface area contributed by atoms with Gasteiger partial charge in [0, 0.05) is 25.0 Å². The Balaban J connectivity index is 1.68. The lowest BCUT2D eigenvalue weighted by atomic mass is 9.97. The van der Waals surface area contributed by atoms with E-state index in [0.29, 0.717) is 31.2 Å². The van der Waals surface area contributed by atoms with E-state index in [1.165, 1.54) is 7.11 Å². The third-order valence-electron chi connectivity index (χ3n) is 4.73. The molecule has 0 atom stereocenters. The average Bonchev–Trinajstić information content (AvgIpc) is 2.99. The fourth-order valence-corrected chi connectivity index (χ4v) is 3.38. The number of fused-ring (bicyclic) bond motifs is 1. The maximum absolute atomic E-state index is 12.2. The van der Waals surface area contributed by atoms with Crippen LogP contribution in [0, 0.1) is 5.92 Å². The molecule has 146 valence electrons. The Kier molecular flexibility index (Phi) is 5.39. The molecular formula is C20H27N3O4. The van der Waals surface area contributed by atoms with Gasteiger partial charge in [0.15, 0.2) is 5.69 Å². The van der Waals surface area contributed by atoms with E-state index in [2.05, 4.69) is 5.10 Å². The third-order valence-corrected chi connectivity index (χ3v) is 4.73. The van der Waals surface area contributed by atoms with E-state index in [-0.39, 0.29) is 6.09 Å². The number of carbonyl (C=O) groups is 2. The van der Waals surface area contributed by atoms with Gasteiger partial charge in [0.05, 0.1) is 12.6 Å². The van der Waals surface area contributed by atoms with Crippen molar-refractivity contribution in [3.05, 3.63) is 30.0 Å². The van der Waals surface area contributed by atoms with Crippen LogP contribution in [-0.2, 0) is 16.0 Å². The Labute approximate surface area is 159 Å². The molecule has 27 heavy (non-hydrogen) atoms. The molecule has 0 N–H and O–H groups in total. The highest BCUT2D eigenvalue weighted by molar-refractivity contribution is 6.02. The number of piperidine rings is 1. The van der Waals surface area contributed by atoms with Crippen LogP contribution in [0.25, 0.3) is 10.9 Å². The number of amides is 1. The molecule has 1 amide bonds. The van der Waals surface area contributed by atoms with E-state index < -0.39 is 11.6 Å². The van der Waals surface area contributed by atoms with Gasteiger partial charge in [-0.05, 0) is 45.6 Å². The predicted molar refractivity (Wildman–Crippen MR) is 102 cm³/mol. The highest BCUT2D eigenvalue weighted by Gasteiger charge is 2.28. The number of methoxy groups -OCH3 is 1. The molecular weight excluding hydrogens is 346 g/mol. The van der Waals surface area contributed by atoms with Crippen LogP contribution in [0.5, 0.6) is 0 Å². The summed E-state index contributed by atoms with van der Waals surface area (Å²) in [7, 11) is 1.36. The zero-order valence-electron chi connectivity index (χ0n) is 16.4. The number of esters is 1. The van der Waals surface area contributed by atoms with Crippen molar-refractivity contribution in [2.45, 2.75) is 45.8 Å². The second kappa shape index (κ2) is 7.58. The van der Waals surface area contributed by atoms with Gasteiger partial charge >= 0.3 is 12.1 Å². The first kappa shape index (κ1) is 19.2. The van der Waals surface area contributed by atoms with Gasteiger partial charge in [-0.1, -0.05) is 18.2 Å². The summed E-state index contributed by atoms with van der Waals surface area (Å²) in [6.45, 7) is 7.67. The number of para-hydroxylation sites is 1. The molecule has 7 heteroatoms. The maximum atomic E-state index is 12.2. The van der Waals surface area contributed by atoms with Gasteiger partial charge in [-0.2, -0.15) is 5.10 Å². The first-order valence-corrected chi connectivity index (χ1v) is 9.30. The standard InChI is InChI=1S/C20H27N3O4/c1-20(2,3)27-19(25)22-11-9-14(10-12-22)13-23-16-8-6-5-7-15(16)17(21-23)18(24)26-4/h5-8,14H,9-13H2,1-4H3. The van der Waals surface area contributed by atoms with Crippen molar-refractivity contribution >= 4 is 23.0 Å². The molecule has 0 bridgehead atoms. The number of carbonyl (C=O) groups excluding carboxylic acids is 2. The normalized spacial score (nSPS) is 15.8. The molecule has 0 spiro atoms. The SMILES string of the molecule is COC(=O)c1nn(CC2CCN(C(=O)OC(C)(C)C)CC2)c2ccccc12. The van der Waals surface area contributed by atoms with Crippen LogP contribution in [0.4, 0.5) is 4.79 Å². The lowest BCUT2D eigenvalue weighted by Gasteiger charge is -2.33. The van der Waals surface area contributed by atoms with Crippen LogP contribution in [0.3, 0.4) is 0 Å². The molecule has 1 aliphatic rings. The summed E-state index contributed by atoms with van der Waals surface area (Å²) in [6.07, 6.45) is 1.50. The predicted octanol–water partition coefficient (Wildman–Crippen LogP) is 3.47. The molecule has 0 unspecified atom stereocenters. The fourth-order valence-electron chi connectivity index (χ4n) is 3.38. The summed E-state index contributed by atoms with van der Waals surface area (Å²) in [5.41, 5.74) is 0.790. The molecule has 0 aliphatic carbocycles. The zero-order chi connectivity index (χ0) is 19.6. The summed E-state index contributed by atoms with van der Waals surface area (Å²) in [5, 5.41) is 5.30. The molecule has 1 saturated heterocycles. The van der Waals surface area contributed by atoms with Crippen molar-refractivity contribution in [2.24, 2.45) is 5.92 Å². The van der Waals surface area contributed by atoms with Crippen LogP contribution in [0.2, 0.25) is 0 Å². The molecule has 1 aliphatic heterocycles. The first-order valence-electron chi connectivity index (χ1n) is 9.30. The number of ether oxygens (including phenoxy) is 2. The quantitative estimate of drug-likeness (QED) is 0.770. The fraction of sp³-hybridized carbons (Fsp3) is 0.550. The van der Waals surface area contributed by atoms with Crippen molar-refractivity contribution in [1.82, 2.24) is 14.7 Å². The summed E-state index contributed by atoms with van der Waals surface area (Å²) in [5.74, 6) is -0.0396. The van der Waals surface area contributed by atoms with Gasteiger partial charge in [-0.25, -0.2) is 9.59 Å². The highest BCUT2D eigenvalue weighted by Crippen LogP contribution is 2.25. The van der Waals surface area contributed by atoms with Crippen molar-refractivity contribution in [1.29, 1.82) is 0 Å². The molecule has 7 nitrogen and oxygen atoms in total. The van der Waals surface area contributed by atoms with Crippen LogP contribution < -0.4 is 0 Å². The number of rotatable bonds is 3. The summed E-state index contributed by atoms with van der Waals surface area (Å²) < 4.78 is 12.2. The second-order valence-electron chi connectivity index (χ2n) is 7.95. The lowest BCUT2D eigenvalue weighted by Crippen LogP contribution is -2.42. The summed E-state index contributed by atoms with van der Waals surface area (Å²) in [6, 6.07) is 7.67. The number of nitrogens with zero attached hydrogens (tertiary/aromatic N) is 3. The van der Waals surface area contributed by atoms with Crippen molar-refractivity contribution in [3.8, 4) is 0 Å². The maximum Gasteiger partial charge on any atom is 0.410 e. The highest BCUT2D eigenvalue weighted by atomic mass is 16.6. The van der Waals surface area contributed by atoms with Crippen LogP contribution in [0.15, 0.2) is 24.3 Å². The Hall–Kier alpha value is -2.57. The monoisotopic (exact) mass is 373 g/mol. The Bertz CT molecular complexity index is 829. The minimum atomic E-state index is -0.480. The van der Waals surface area contributed by atoms with Crippen molar-refractivity contribution in [2.75, 3.05) is 20.2 Å². The van der Waals surface area contributed by atoms with E-state index in [0.717, 1.165) is 23.7 Å². The van der Waals surface area contributed by atoms with E-state index >= 15 is 0 Å². The van der Waals surface area contributed by atoms with Crippen LogP contribution >= 0.6 is 0 Å². The number of benzene rings is 1. The van der Waals surface area contributed by atoms with E-state index in [4.69, 9.17) is 9.47 Å². The van der Waals surface area contributed by atoms with E-state index in [1.807, 2.05) is 49.7 Å². The number of hydrogen-bond donors (Lipinski definition) is 0. The number of aromatic nitrogens is 2. The minimum Gasteiger partial charge on any atom is -0.464 e. The van der Waals surface area contributed by atoms with Gasteiger partial charge < -0.3 is 14.4 Å². The van der Waals surface area contributed by atoms with Gasteiger partial charge in [0.25, 0.3) is 0 Å². The lowest BCUT2D eigenvalue weighted by molar-refractivity contribution is 0.0177. The van der Waals surface area contributed by atoms with Crippen molar-refractivity contribution < 1.29 is 19.1 Å². The molecule has 3 rings (SSSR count). The summed E-state index contributed by atoms with van der Waals surface area (Å²) >= 11 is 0. The van der Waals surface area contributed by atoms with Crippen LogP contribution in [0.1, 0.15) is 44.1 Å².